The number of imidazole rings is 1. The molecular weight excluding hydrogens is 360 g/mol. The van der Waals surface area contributed by atoms with E-state index in [1.807, 2.05) is 0 Å². The molecule has 2 fully saturated rings. The maximum atomic E-state index is 12.5. The van der Waals surface area contributed by atoms with Crippen molar-refractivity contribution in [1.29, 1.82) is 0 Å². The molecule has 4 heterocycles. The Balaban J connectivity index is 1.64. The van der Waals surface area contributed by atoms with Gasteiger partial charge in [0.05, 0.1) is 32.2 Å². The first-order valence-corrected chi connectivity index (χ1v) is 8.67. The zero-order chi connectivity index (χ0) is 19.5. The summed E-state index contributed by atoms with van der Waals surface area (Å²) in [6.45, 7) is 0.0425. The van der Waals surface area contributed by atoms with Crippen LogP contribution in [0, 0.1) is 0 Å². The molecule has 3 N–H and O–H groups in total. The Labute approximate surface area is 153 Å². The van der Waals surface area contributed by atoms with Gasteiger partial charge in [0.25, 0.3) is 5.56 Å². The van der Waals surface area contributed by atoms with Crippen molar-refractivity contribution in [3.8, 4) is 0 Å². The first kappa shape index (κ1) is 18.3. The van der Waals surface area contributed by atoms with Crippen molar-refractivity contribution in [3.05, 3.63) is 27.2 Å². The molecule has 0 spiro atoms. The Kier molecular flexibility index (Phi) is 4.24. The van der Waals surface area contributed by atoms with E-state index < -0.39 is 41.3 Å². The van der Waals surface area contributed by atoms with Crippen molar-refractivity contribution in [3.63, 3.8) is 0 Å². The molecule has 2 aliphatic rings. The number of aromatic nitrogens is 4. The highest BCUT2D eigenvalue weighted by Crippen LogP contribution is 2.41. The summed E-state index contributed by atoms with van der Waals surface area (Å²) in [5.74, 6) is 0. The molecule has 11 nitrogen and oxygen atoms in total. The van der Waals surface area contributed by atoms with Crippen LogP contribution < -0.4 is 11.2 Å². The van der Waals surface area contributed by atoms with Crippen molar-refractivity contribution in [2.75, 3.05) is 13.2 Å². The van der Waals surface area contributed by atoms with Gasteiger partial charge in [0.15, 0.2) is 11.2 Å². The lowest BCUT2D eigenvalue weighted by molar-refractivity contribution is -0.102. The van der Waals surface area contributed by atoms with Gasteiger partial charge in [0, 0.05) is 20.5 Å². The summed E-state index contributed by atoms with van der Waals surface area (Å²) in [7, 11) is 2.89. The van der Waals surface area contributed by atoms with Crippen LogP contribution in [0.25, 0.3) is 11.2 Å². The minimum absolute atomic E-state index is 0.00455. The van der Waals surface area contributed by atoms with Crippen molar-refractivity contribution >= 4 is 11.2 Å². The Bertz CT molecular complexity index is 995. The lowest BCUT2D eigenvalue weighted by atomic mass is 9.86. The molecule has 0 saturated carbocycles. The van der Waals surface area contributed by atoms with E-state index in [4.69, 9.17) is 9.47 Å². The van der Waals surface area contributed by atoms with E-state index in [1.165, 1.54) is 29.6 Å². The van der Waals surface area contributed by atoms with Crippen LogP contribution in [0.1, 0.15) is 6.42 Å². The van der Waals surface area contributed by atoms with Crippen LogP contribution in [0.15, 0.2) is 15.9 Å². The number of hydrogen-bond acceptors (Lipinski definition) is 8. The standard InChI is InChI=1S/C16H22N4O7/c1-18-13-11(14(24)19(2)15(18)25)20(7-17-13)4-8(21)3-16-10(23)6-26-12(16)9(22)5-27-16/h7-10,12,21-23H,3-6H2,1-2H3/t8?,9-,10+,12-,16-/m1/s1. The van der Waals surface area contributed by atoms with Gasteiger partial charge >= 0.3 is 5.69 Å². The molecule has 2 aliphatic heterocycles. The number of aliphatic hydroxyl groups is 3. The first-order chi connectivity index (χ1) is 12.8. The average molecular weight is 382 g/mol. The molecule has 27 heavy (non-hydrogen) atoms. The van der Waals surface area contributed by atoms with Gasteiger partial charge in [-0.2, -0.15) is 0 Å². The summed E-state index contributed by atoms with van der Waals surface area (Å²) in [5, 5.41) is 30.9. The Morgan fingerprint density at radius 3 is 2.78 bits per heavy atom. The van der Waals surface area contributed by atoms with E-state index in [0.29, 0.717) is 0 Å². The van der Waals surface area contributed by atoms with Crippen molar-refractivity contribution < 1.29 is 24.8 Å². The summed E-state index contributed by atoms with van der Waals surface area (Å²) in [6, 6.07) is 0. The van der Waals surface area contributed by atoms with Crippen LogP contribution in [-0.2, 0) is 30.1 Å². The molecule has 2 saturated heterocycles. The molecule has 0 aliphatic carbocycles. The van der Waals surface area contributed by atoms with E-state index in [0.717, 1.165) is 4.57 Å². The normalized spacial score (nSPS) is 31.5. The first-order valence-electron chi connectivity index (χ1n) is 8.67. The van der Waals surface area contributed by atoms with Crippen LogP contribution in [0.2, 0.25) is 0 Å². The van der Waals surface area contributed by atoms with Crippen molar-refractivity contribution in [2.24, 2.45) is 14.1 Å². The SMILES string of the molecule is Cn1c(=O)c2c(ncn2CC(O)C[C@]23OC[C@@H](O)[C@H]2OC[C@@H]3O)n(C)c1=O. The Morgan fingerprint density at radius 1 is 1.30 bits per heavy atom. The molecule has 2 aromatic rings. The Morgan fingerprint density at radius 2 is 2.04 bits per heavy atom. The fraction of sp³-hybridized carbons (Fsp3) is 0.688. The molecule has 0 aromatic carbocycles. The van der Waals surface area contributed by atoms with Gasteiger partial charge in [-0.1, -0.05) is 0 Å². The van der Waals surface area contributed by atoms with Crippen LogP contribution >= 0.6 is 0 Å². The van der Waals surface area contributed by atoms with E-state index >= 15 is 0 Å². The monoisotopic (exact) mass is 382 g/mol. The van der Waals surface area contributed by atoms with E-state index in [-0.39, 0.29) is 37.3 Å². The molecule has 5 atom stereocenters. The highest BCUT2D eigenvalue weighted by atomic mass is 16.6. The van der Waals surface area contributed by atoms with Crippen LogP contribution in [-0.4, -0.2) is 77.2 Å². The summed E-state index contributed by atoms with van der Waals surface area (Å²) in [6.07, 6.45) is -2.16. The van der Waals surface area contributed by atoms with Gasteiger partial charge in [0.1, 0.15) is 23.9 Å². The number of fused-ring (bicyclic) bond motifs is 2. The second-order valence-corrected chi connectivity index (χ2v) is 7.24. The predicted octanol–water partition coefficient (Wildman–Crippen LogP) is -2.93. The largest absolute Gasteiger partial charge is 0.391 e. The van der Waals surface area contributed by atoms with Crippen molar-refractivity contribution in [2.45, 2.75) is 43.0 Å². The van der Waals surface area contributed by atoms with E-state index in [9.17, 15) is 24.9 Å². The summed E-state index contributed by atoms with van der Waals surface area (Å²) in [4.78, 5) is 28.6. The van der Waals surface area contributed by atoms with Gasteiger partial charge < -0.3 is 29.4 Å². The molecule has 1 unspecified atom stereocenters. The van der Waals surface area contributed by atoms with Crippen LogP contribution in [0.3, 0.4) is 0 Å². The van der Waals surface area contributed by atoms with Gasteiger partial charge in [-0.3, -0.25) is 13.9 Å². The number of ether oxygens (including phenoxy) is 2. The molecule has 11 heteroatoms. The number of aryl methyl sites for hydroxylation is 1. The molecule has 2 aromatic heterocycles. The van der Waals surface area contributed by atoms with Gasteiger partial charge in [-0.05, 0) is 0 Å². The number of aliphatic hydroxyl groups excluding tert-OH is 3. The zero-order valence-electron chi connectivity index (χ0n) is 15.0. The van der Waals surface area contributed by atoms with Gasteiger partial charge in [-0.25, -0.2) is 9.78 Å². The smallest absolute Gasteiger partial charge is 0.332 e. The van der Waals surface area contributed by atoms with E-state index in [2.05, 4.69) is 4.98 Å². The molecule has 148 valence electrons. The van der Waals surface area contributed by atoms with Crippen LogP contribution in [0.5, 0.6) is 0 Å². The minimum Gasteiger partial charge on any atom is -0.391 e. The van der Waals surface area contributed by atoms with E-state index in [1.54, 1.807) is 0 Å². The maximum absolute atomic E-state index is 12.5. The highest BCUT2D eigenvalue weighted by Gasteiger charge is 2.59. The number of rotatable bonds is 4. The molecule has 0 radical (unpaired) electrons. The third kappa shape index (κ3) is 2.57. The fourth-order valence-corrected chi connectivity index (χ4v) is 4.12. The maximum Gasteiger partial charge on any atom is 0.332 e. The molecule has 0 amide bonds. The topological polar surface area (TPSA) is 141 Å². The highest BCUT2D eigenvalue weighted by molar-refractivity contribution is 5.69. The third-order valence-electron chi connectivity index (χ3n) is 5.53. The lowest BCUT2D eigenvalue weighted by Gasteiger charge is -2.32. The summed E-state index contributed by atoms with van der Waals surface area (Å²) in [5.41, 5.74) is -1.76. The summed E-state index contributed by atoms with van der Waals surface area (Å²) < 4.78 is 14.8. The fourth-order valence-electron chi connectivity index (χ4n) is 4.12. The number of nitrogens with zero attached hydrogens (tertiary/aromatic N) is 4. The second kappa shape index (κ2) is 6.24. The van der Waals surface area contributed by atoms with Gasteiger partial charge in [0.2, 0.25) is 0 Å². The third-order valence-corrected chi connectivity index (χ3v) is 5.53. The Hall–Kier alpha value is -2.05. The minimum atomic E-state index is -1.19. The average Bonchev–Trinajstić information content (AvgIpc) is 3.27. The quantitative estimate of drug-likeness (QED) is 0.511. The number of hydrogen-bond donors (Lipinski definition) is 3. The second-order valence-electron chi connectivity index (χ2n) is 7.24. The molecule has 0 bridgehead atoms. The van der Waals surface area contributed by atoms with Gasteiger partial charge in [-0.15, -0.1) is 0 Å². The lowest BCUT2D eigenvalue weighted by Crippen LogP contribution is -2.49. The van der Waals surface area contributed by atoms with Crippen molar-refractivity contribution in [1.82, 2.24) is 18.7 Å². The zero-order valence-corrected chi connectivity index (χ0v) is 15.0. The van der Waals surface area contributed by atoms with Crippen LogP contribution in [0.4, 0.5) is 0 Å². The molecular formula is C16H22N4O7. The predicted molar refractivity (Wildman–Crippen MR) is 91.3 cm³/mol. The summed E-state index contributed by atoms with van der Waals surface area (Å²) >= 11 is 0. The molecule has 4 rings (SSSR count).